The van der Waals surface area contributed by atoms with Crippen LogP contribution in [-0.2, 0) is 0 Å². The molecule has 0 bridgehead atoms. The van der Waals surface area contributed by atoms with Crippen LogP contribution in [0.15, 0.2) is 11.6 Å². The molecule has 4 unspecified atom stereocenters. The van der Waals surface area contributed by atoms with Crippen molar-refractivity contribution < 1.29 is 10.2 Å². The lowest BCUT2D eigenvalue weighted by atomic mass is 9.33. The predicted molar refractivity (Wildman–Crippen MR) is 132 cm³/mol. The van der Waals surface area contributed by atoms with Crippen LogP contribution in [0.2, 0.25) is 0 Å². The lowest BCUT2D eigenvalue weighted by molar-refractivity contribution is -0.204. The standard InChI is InChI=1S/C30H50O2/c1-25(2)14-16-30(19-31)17-15-28(6)20(21(30)18-25)8-9-23-27(5)12-11-24(32)26(3,4)22(27)10-13-29(23,28)7/h8,21-24,31-32H,9-19H2,1-7H3/t21?,22?,23?,24?,27-,28+,29+,30+/m0/s1. The zero-order chi connectivity index (χ0) is 23.4. The Kier molecular flexibility index (Phi) is 5.02. The molecule has 5 aliphatic rings. The van der Waals surface area contributed by atoms with E-state index >= 15 is 0 Å². The Morgan fingerprint density at radius 2 is 1.53 bits per heavy atom. The Labute approximate surface area is 197 Å². The molecule has 4 fully saturated rings. The van der Waals surface area contributed by atoms with Crippen LogP contribution in [0.4, 0.5) is 0 Å². The third-order valence-electron chi connectivity index (χ3n) is 13.1. The van der Waals surface area contributed by atoms with Gasteiger partial charge in [-0.15, -0.1) is 0 Å². The van der Waals surface area contributed by atoms with E-state index < -0.39 is 0 Å². The molecule has 0 radical (unpaired) electrons. The molecule has 0 saturated heterocycles. The summed E-state index contributed by atoms with van der Waals surface area (Å²) in [6.07, 6.45) is 14.6. The first-order valence-electron chi connectivity index (χ1n) is 13.8. The number of aliphatic hydroxyl groups is 2. The molecule has 5 rings (SSSR count). The summed E-state index contributed by atoms with van der Waals surface area (Å²) in [6, 6.07) is 0. The minimum absolute atomic E-state index is 0.0191. The summed E-state index contributed by atoms with van der Waals surface area (Å²) in [5.74, 6) is 1.87. The first-order valence-corrected chi connectivity index (χ1v) is 13.8. The Bertz CT molecular complexity index is 810. The average Bonchev–Trinajstić information content (AvgIpc) is 2.71. The minimum atomic E-state index is -0.153. The molecule has 5 aliphatic carbocycles. The van der Waals surface area contributed by atoms with Gasteiger partial charge in [0.1, 0.15) is 0 Å². The Morgan fingerprint density at radius 1 is 0.844 bits per heavy atom. The molecule has 0 aromatic heterocycles. The van der Waals surface area contributed by atoms with Crippen molar-refractivity contribution in [3.05, 3.63) is 11.6 Å². The van der Waals surface area contributed by atoms with Crippen molar-refractivity contribution in [2.24, 2.45) is 50.2 Å². The van der Waals surface area contributed by atoms with Gasteiger partial charge in [0, 0.05) is 12.0 Å². The summed E-state index contributed by atoms with van der Waals surface area (Å²) in [7, 11) is 0. The highest BCUT2D eigenvalue weighted by Gasteiger charge is 2.68. The molecule has 0 aromatic carbocycles. The van der Waals surface area contributed by atoms with Crippen LogP contribution in [0.1, 0.15) is 113 Å². The smallest absolute Gasteiger partial charge is 0.0594 e. The molecular weight excluding hydrogens is 392 g/mol. The van der Waals surface area contributed by atoms with Crippen molar-refractivity contribution in [1.82, 2.24) is 0 Å². The van der Waals surface area contributed by atoms with Gasteiger partial charge in [-0.2, -0.15) is 0 Å². The second kappa shape index (κ2) is 6.87. The van der Waals surface area contributed by atoms with E-state index in [1.807, 2.05) is 0 Å². The average molecular weight is 443 g/mol. The minimum Gasteiger partial charge on any atom is -0.396 e. The second-order valence-corrected chi connectivity index (χ2v) is 15.1. The molecule has 182 valence electrons. The Balaban J connectivity index is 1.58. The van der Waals surface area contributed by atoms with Crippen LogP contribution >= 0.6 is 0 Å². The zero-order valence-electron chi connectivity index (χ0n) is 22.1. The summed E-state index contributed by atoms with van der Waals surface area (Å²) < 4.78 is 0. The fourth-order valence-electron chi connectivity index (χ4n) is 10.6. The van der Waals surface area contributed by atoms with Crippen LogP contribution in [0, 0.1) is 50.2 Å². The van der Waals surface area contributed by atoms with Gasteiger partial charge in [0.2, 0.25) is 0 Å². The van der Waals surface area contributed by atoms with E-state index in [1.54, 1.807) is 5.57 Å². The number of allylic oxidation sites excluding steroid dienone is 2. The fourth-order valence-corrected chi connectivity index (χ4v) is 10.6. The van der Waals surface area contributed by atoms with E-state index in [0.29, 0.717) is 40.6 Å². The van der Waals surface area contributed by atoms with Gasteiger partial charge in [-0.3, -0.25) is 0 Å². The highest BCUT2D eigenvalue weighted by molar-refractivity contribution is 5.33. The summed E-state index contributed by atoms with van der Waals surface area (Å²) in [6.45, 7) is 17.8. The van der Waals surface area contributed by atoms with Crippen molar-refractivity contribution in [3.63, 3.8) is 0 Å². The summed E-state index contributed by atoms with van der Waals surface area (Å²) in [5, 5.41) is 21.5. The summed E-state index contributed by atoms with van der Waals surface area (Å²) >= 11 is 0. The van der Waals surface area contributed by atoms with Gasteiger partial charge < -0.3 is 10.2 Å². The molecule has 0 heterocycles. The normalized spacial score (nSPS) is 53.8. The van der Waals surface area contributed by atoms with Crippen LogP contribution in [-0.4, -0.2) is 22.9 Å². The number of hydrogen-bond donors (Lipinski definition) is 2. The maximum absolute atomic E-state index is 10.9. The number of fused-ring (bicyclic) bond motifs is 7. The van der Waals surface area contributed by atoms with E-state index in [0.717, 1.165) is 6.42 Å². The summed E-state index contributed by atoms with van der Waals surface area (Å²) in [4.78, 5) is 0. The molecule has 4 saturated carbocycles. The Hall–Kier alpha value is -0.340. The SMILES string of the molecule is CC1(C)CC[C@]2(CO)CC[C@]3(C)C(=CCC4[C@@]5(C)CCC(O)C(C)(C)C5CC[C@]43C)C2C1. The van der Waals surface area contributed by atoms with Crippen molar-refractivity contribution in [2.75, 3.05) is 6.61 Å². The molecule has 32 heavy (non-hydrogen) atoms. The topological polar surface area (TPSA) is 40.5 Å². The van der Waals surface area contributed by atoms with Crippen molar-refractivity contribution >= 4 is 0 Å². The number of rotatable bonds is 1. The molecule has 2 N–H and O–H groups in total. The lowest BCUT2D eigenvalue weighted by Crippen LogP contribution is -2.64. The van der Waals surface area contributed by atoms with Gasteiger partial charge in [-0.05, 0) is 109 Å². The third kappa shape index (κ3) is 2.78. The molecular formula is C30H50O2. The number of hydrogen-bond acceptors (Lipinski definition) is 2. The summed E-state index contributed by atoms with van der Waals surface area (Å²) in [5.41, 5.74) is 3.16. The molecule has 8 atom stereocenters. The molecule has 0 aromatic rings. The van der Waals surface area contributed by atoms with E-state index in [-0.39, 0.29) is 22.3 Å². The quantitative estimate of drug-likeness (QED) is 0.424. The monoisotopic (exact) mass is 442 g/mol. The van der Waals surface area contributed by atoms with Gasteiger partial charge in [-0.1, -0.05) is 60.1 Å². The highest BCUT2D eigenvalue weighted by Crippen LogP contribution is 2.75. The van der Waals surface area contributed by atoms with Crippen LogP contribution in [0.3, 0.4) is 0 Å². The predicted octanol–water partition coefficient (Wildman–Crippen LogP) is 7.14. The van der Waals surface area contributed by atoms with E-state index in [9.17, 15) is 10.2 Å². The fraction of sp³-hybridized carbons (Fsp3) is 0.933. The van der Waals surface area contributed by atoms with Crippen LogP contribution < -0.4 is 0 Å². The van der Waals surface area contributed by atoms with Crippen molar-refractivity contribution in [1.29, 1.82) is 0 Å². The lowest BCUT2D eigenvalue weighted by Gasteiger charge is -2.71. The van der Waals surface area contributed by atoms with Crippen molar-refractivity contribution in [3.8, 4) is 0 Å². The molecule has 0 amide bonds. The van der Waals surface area contributed by atoms with Gasteiger partial charge in [-0.25, -0.2) is 0 Å². The van der Waals surface area contributed by atoms with Crippen LogP contribution in [0.25, 0.3) is 0 Å². The molecule has 0 spiro atoms. The van der Waals surface area contributed by atoms with Gasteiger partial charge >= 0.3 is 0 Å². The second-order valence-electron chi connectivity index (χ2n) is 15.1. The Morgan fingerprint density at radius 3 is 2.22 bits per heavy atom. The van der Waals surface area contributed by atoms with Gasteiger partial charge in [0.25, 0.3) is 0 Å². The largest absolute Gasteiger partial charge is 0.396 e. The first-order chi connectivity index (χ1) is 14.8. The van der Waals surface area contributed by atoms with Crippen molar-refractivity contribution in [2.45, 2.75) is 119 Å². The molecule has 2 heteroatoms. The van der Waals surface area contributed by atoms with Crippen LogP contribution in [0.5, 0.6) is 0 Å². The zero-order valence-corrected chi connectivity index (χ0v) is 22.1. The van der Waals surface area contributed by atoms with Gasteiger partial charge in [0.15, 0.2) is 0 Å². The number of aliphatic hydroxyl groups excluding tert-OH is 2. The van der Waals surface area contributed by atoms with E-state index in [4.69, 9.17) is 0 Å². The third-order valence-corrected chi connectivity index (χ3v) is 13.1. The van der Waals surface area contributed by atoms with E-state index in [1.165, 1.54) is 57.8 Å². The van der Waals surface area contributed by atoms with Gasteiger partial charge in [0.05, 0.1) is 6.10 Å². The maximum Gasteiger partial charge on any atom is 0.0594 e. The highest BCUT2D eigenvalue weighted by atomic mass is 16.3. The first kappa shape index (κ1) is 23.4. The molecule has 0 aliphatic heterocycles. The van der Waals surface area contributed by atoms with E-state index in [2.05, 4.69) is 54.5 Å². The maximum atomic E-state index is 10.9. The molecule has 2 nitrogen and oxygen atoms in total.